The summed E-state index contributed by atoms with van der Waals surface area (Å²) in [5, 5.41) is 0.761. The molecule has 0 aromatic carbocycles. The van der Waals surface area contributed by atoms with Crippen LogP contribution in [0.15, 0.2) is 11.6 Å². The molecule has 0 aromatic heterocycles. The van der Waals surface area contributed by atoms with Crippen molar-refractivity contribution >= 4 is 17.8 Å². The number of allylic oxidation sites excluding steroid dienone is 1. The molecule has 4 aliphatic rings. The van der Waals surface area contributed by atoms with Gasteiger partial charge in [0, 0.05) is 6.61 Å². The predicted octanol–water partition coefficient (Wildman–Crippen LogP) is 9.95. The van der Waals surface area contributed by atoms with Gasteiger partial charge in [0.2, 0.25) is 0 Å². The van der Waals surface area contributed by atoms with Crippen LogP contribution in [0.1, 0.15) is 119 Å². The zero-order valence-corrected chi connectivity index (χ0v) is 27.1. The molecule has 4 rings (SSSR count). The van der Waals surface area contributed by atoms with Crippen molar-refractivity contribution in [3.8, 4) is 0 Å². The minimum atomic E-state index is 0.451. The Hall–Kier alpha value is 0.560. The molecule has 0 aromatic rings. The summed E-state index contributed by atoms with van der Waals surface area (Å²) in [6.45, 7) is 18.5. The molecule has 0 bridgehead atoms. The summed E-state index contributed by atoms with van der Waals surface area (Å²) in [6, 6.07) is 0. The van der Waals surface area contributed by atoms with Gasteiger partial charge in [-0.2, -0.15) is 0 Å². The first-order chi connectivity index (χ1) is 17.1. The van der Waals surface area contributed by atoms with Crippen molar-refractivity contribution in [2.24, 2.45) is 52.3 Å². The molecule has 12 unspecified atom stereocenters. The first kappa shape index (κ1) is 29.5. The lowest BCUT2D eigenvalue weighted by Gasteiger charge is -2.58. The van der Waals surface area contributed by atoms with Gasteiger partial charge in [0.15, 0.2) is 0 Å². The number of rotatable bonds is 11. The Bertz CT molecular complexity index is 748. The van der Waals surface area contributed by atoms with Gasteiger partial charge in [0.1, 0.15) is 0 Å². The molecule has 1 nitrogen and oxygen atoms in total. The topological polar surface area (TPSA) is 9.23 Å². The van der Waals surface area contributed by atoms with Crippen LogP contribution in [0.3, 0.4) is 0 Å². The Morgan fingerprint density at radius 3 is 2.50 bits per heavy atom. The van der Waals surface area contributed by atoms with Crippen LogP contribution >= 0.6 is 17.8 Å². The quantitative estimate of drug-likeness (QED) is 0.189. The fourth-order valence-corrected chi connectivity index (χ4v) is 10.6. The van der Waals surface area contributed by atoms with Crippen LogP contribution in [0.5, 0.6) is 0 Å². The molecular formula is C33H60OP2. The van der Waals surface area contributed by atoms with E-state index in [-0.39, 0.29) is 0 Å². The largest absolute Gasteiger partial charge is 0.378 e. The second-order valence-electron chi connectivity index (χ2n) is 14.6. The number of hydrogen-bond donors (Lipinski definition) is 0. The molecule has 36 heavy (non-hydrogen) atoms. The highest BCUT2D eigenvalue weighted by atomic mass is 31.1. The van der Waals surface area contributed by atoms with Crippen LogP contribution in [-0.2, 0) is 4.74 Å². The summed E-state index contributed by atoms with van der Waals surface area (Å²) in [7, 11) is 4.07. The van der Waals surface area contributed by atoms with Crippen molar-refractivity contribution in [2.45, 2.75) is 130 Å². The fraction of sp³-hybridized carbons (Fsp3) is 0.939. The first-order valence-corrected chi connectivity index (χ1v) is 18.1. The lowest BCUT2D eigenvalue weighted by atomic mass is 9.47. The summed E-state index contributed by atoms with van der Waals surface area (Å²) in [4.78, 5) is 0. The van der Waals surface area contributed by atoms with E-state index in [1.165, 1.54) is 77.0 Å². The Labute approximate surface area is 229 Å². The highest BCUT2D eigenvalue weighted by Crippen LogP contribution is 2.67. The van der Waals surface area contributed by atoms with Crippen LogP contribution in [0.25, 0.3) is 0 Å². The van der Waals surface area contributed by atoms with Crippen molar-refractivity contribution < 1.29 is 4.74 Å². The van der Waals surface area contributed by atoms with Gasteiger partial charge in [-0.1, -0.05) is 72.5 Å². The third kappa shape index (κ3) is 6.00. The van der Waals surface area contributed by atoms with E-state index >= 15 is 0 Å². The SMILES string of the molecule is CPC(P)C(C)CCOC1CCC2(C)C(=CCC3C2CCC2(C)C(C(C)CCCC(C)C)CCC32)C1. The zero-order valence-electron chi connectivity index (χ0n) is 25.0. The Balaban J connectivity index is 1.36. The molecule has 0 heterocycles. The van der Waals surface area contributed by atoms with E-state index in [9.17, 15) is 0 Å². The minimum absolute atomic E-state index is 0.451. The standard InChI is InChI=1S/C33H60OP2/c1-22(2)9-8-10-23(3)28-13-14-29-27-12-11-25-21-26(34-20-17-24(4)31(35)36-7)15-18-32(25,5)30(27)16-19-33(28,29)6/h11,22-24,26-31,36H,8-10,12-21,35H2,1-7H3. The summed E-state index contributed by atoms with van der Waals surface area (Å²) in [5.41, 5.74) is 2.84. The van der Waals surface area contributed by atoms with E-state index in [0.717, 1.165) is 62.0 Å². The van der Waals surface area contributed by atoms with Crippen LogP contribution in [0.2, 0.25) is 0 Å². The lowest BCUT2D eigenvalue weighted by molar-refractivity contribution is -0.0644. The molecule has 0 saturated heterocycles. The van der Waals surface area contributed by atoms with Crippen molar-refractivity contribution in [2.75, 3.05) is 13.3 Å². The molecule has 3 fully saturated rings. The number of hydrogen-bond acceptors (Lipinski definition) is 1. The Kier molecular flexibility index (Phi) is 10.2. The zero-order chi connectivity index (χ0) is 26.1. The molecule has 4 aliphatic carbocycles. The van der Waals surface area contributed by atoms with E-state index in [0.29, 0.717) is 16.9 Å². The third-order valence-electron chi connectivity index (χ3n) is 12.1. The van der Waals surface area contributed by atoms with E-state index in [1.807, 2.05) is 0 Å². The van der Waals surface area contributed by atoms with Gasteiger partial charge in [-0.05, 0) is 122 Å². The molecule has 12 atom stereocenters. The molecule has 0 N–H and O–H groups in total. The predicted molar refractivity (Wildman–Crippen MR) is 164 cm³/mol. The lowest BCUT2D eigenvalue weighted by Crippen LogP contribution is -2.51. The van der Waals surface area contributed by atoms with Gasteiger partial charge in [0.05, 0.1) is 6.10 Å². The molecule has 0 spiro atoms. The molecule has 0 amide bonds. The van der Waals surface area contributed by atoms with E-state index < -0.39 is 0 Å². The van der Waals surface area contributed by atoms with E-state index in [2.05, 4.69) is 63.5 Å². The summed E-state index contributed by atoms with van der Waals surface area (Å²) in [6.07, 6.45) is 19.9. The van der Waals surface area contributed by atoms with Gasteiger partial charge in [0.25, 0.3) is 0 Å². The minimum Gasteiger partial charge on any atom is -0.378 e. The van der Waals surface area contributed by atoms with Crippen LogP contribution in [-0.4, -0.2) is 24.8 Å². The molecule has 0 radical (unpaired) electrons. The van der Waals surface area contributed by atoms with Crippen molar-refractivity contribution in [3.63, 3.8) is 0 Å². The number of ether oxygens (including phenoxy) is 1. The van der Waals surface area contributed by atoms with Crippen molar-refractivity contribution in [3.05, 3.63) is 11.6 Å². The number of fused-ring (bicyclic) bond motifs is 5. The average molecular weight is 535 g/mol. The maximum Gasteiger partial charge on any atom is 0.0612 e. The highest BCUT2D eigenvalue weighted by molar-refractivity contribution is 7.49. The van der Waals surface area contributed by atoms with E-state index in [4.69, 9.17) is 4.74 Å². The van der Waals surface area contributed by atoms with Crippen molar-refractivity contribution in [1.82, 2.24) is 0 Å². The van der Waals surface area contributed by atoms with Crippen molar-refractivity contribution in [1.29, 1.82) is 0 Å². The maximum atomic E-state index is 6.50. The van der Waals surface area contributed by atoms with Gasteiger partial charge >= 0.3 is 0 Å². The Morgan fingerprint density at radius 1 is 1.00 bits per heavy atom. The van der Waals surface area contributed by atoms with Gasteiger partial charge in [-0.15, -0.1) is 17.8 Å². The molecule has 0 aliphatic heterocycles. The summed E-state index contributed by atoms with van der Waals surface area (Å²) in [5.74, 6) is 6.33. The normalized spacial score (nSPS) is 41.0. The molecule has 3 heteroatoms. The van der Waals surface area contributed by atoms with Crippen LogP contribution in [0.4, 0.5) is 0 Å². The van der Waals surface area contributed by atoms with Gasteiger partial charge in [-0.3, -0.25) is 0 Å². The summed E-state index contributed by atoms with van der Waals surface area (Å²) < 4.78 is 6.50. The van der Waals surface area contributed by atoms with E-state index in [1.54, 1.807) is 5.57 Å². The smallest absolute Gasteiger partial charge is 0.0612 e. The van der Waals surface area contributed by atoms with Crippen LogP contribution < -0.4 is 0 Å². The monoisotopic (exact) mass is 534 g/mol. The molecular weight excluding hydrogens is 474 g/mol. The second-order valence-corrected chi connectivity index (χ2v) is 17.2. The van der Waals surface area contributed by atoms with Gasteiger partial charge in [-0.25, -0.2) is 0 Å². The summed E-state index contributed by atoms with van der Waals surface area (Å²) >= 11 is 0. The van der Waals surface area contributed by atoms with Gasteiger partial charge < -0.3 is 4.74 Å². The fourth-order valence-electron chi connectivity index (χ4n) is 9.68. The van der Waals surface area contributed by atoms with Crippen LogP contribution in [0, 0.1) is 52.3 Å². The molecule has 208 valence electrons. The second kappa shape index (κ2) is 12.4. The first-order valence-electron chi connectivity index (χ1n) is 15.8. The Morgan fingerprint density at radius 2 is 1.78 bits per heavy atom. The maximum absolute atomic E-state index is 6.50. The third-order valence-corrected chi connectivity index (χ3v) is 15.0. The molecule has 3 saturated carbocycles. The highest BCUT2D eigenvalue weighted by Gasteiger charge is 2.59. The average Bonchev–Trinajstić information content (AvgIpc) is 3.20.